The van der Waals surface area contributed by atoms with Crippen molar-refractivity contribution in [2.75, 3.05) is 19.8 Å². The van der Waals surface area contributed by atoms with Gasteiger partial charge in [-0.2, -0.15) is 0 Å². The van der Waals surface area contributed by atoms with Crippen LogP contribution in [-0.4, -0.2) is 140 Å². The molecule has 0 aliphatic carbocycles. The van der Waals surface area contributed by atoms with Crippen LogP contribution in [0, 0.1) is 0 Å². The predicted molar refractivity (Wildman–Crippen MR) is 355 cm³/mol. The first-order valence-electron chi connectivity index (χ1n) is 36.7. The maximum Gasteiger partial charge on any atom is 0.220 e. The van der Waals surface area contributed by atoms with Crippen LogP contribution in [0.15, 0.2) is 36.5 Å². The summed E-state index contributed by atoms with van der Waals surface area (Å²) in [5.74, 6) is -0.249. The summed E-state index contributed by atoms with van der Waals surface area (Å²) in [6.07, 6.45) is 58.4. The molecule has 2 heterocycles. The van der Waals surface area contributed by atoms with Gasteiger partial charge in [-0.1, -0.05) is 314 Å². The lowest BCUT2D eigenvalue weighted by Crippen LogP contribution is -2.65. The number of unbranched alkanes of at least 4 members (excludes halogenated alkanes) is 44. The number of rotatable bonds is 61. The zero-order valence-corrected chi connectivity index (χ0v) is 55.8. The highest BCUT2D eigenvalue weighted by atomic mass is 16.7. The van der Waals surface area contributed by atoms with E-state index >= 15 is 0 Å². The molecule has 2 aliphatic rings. The first-order valence-corrected chi connectivity index (χ1v) is 36.7. The van der Waals surface area contributed by atoms with E-state index in [0.717, 1.165) is 44.9 Å². The molecule has 0 aromatic rings. The van der Waals surface area contributed by atoms with E-state index in [1.165, 1.54) is 250 Å². The lowest BCUT2D eigenvalue weighted by molar-refractivity contribution is -0.359. The van der Waals surface area contributed by atoms with Crippen LogP contribution >= 0.6 is 0 Å². The number of nitrogens with one attached hydrogen (secondary N) is 1. The molecule has 0 bridgehead atoms. The number of hydrogen-bond acceptors (Lipinski definition) is 13. The Morgan fingerprint density at radius 2 is 0.736 bits per heavy atom. The summed E-state index contributed by atoms with van der Waals surface area (Å²) in [4.78, 5) is 13.3. The molecule has 9 N–H and O–H groups in total. The van der Waals surface area contributed by atoms with Crippen molar-refractivity contribution in [2.45, 2.75) is 402 Å². The smallest absolute Gasteiger partial charge is 0.220 e. The van der Waals surface area contributed by atoms with Crippen LogP contribution < -0.4 is 5.32 Å². The van der Waals surface area contributed by atoms with Crippen molar-refractivity contribution < 1.29 is 64.6 Å². The highest BCUT2D eigenvalue weighted by Gasteiger charge is 2.51. The fourth-order valence-electron chi connectivity index (χ4n) is 12.2. The first-order chi connectivity index (χ1) is 42.6. The summed E-state index contributed by atoms with van der Waals surface area (Å²) in [6, 6.07) is -0.936. The summed E-state index contributed by atoms with van der Waals surface area (Å²) >= 11 is 0. The van der Waals surface area contributed by atoms with E-state index in [0.29, 0.717) is 12.8 Å². The van der Waals surface area contributed by atoms with Crippen LogP contribution in [0.3, 0.4) is 0 Å². The second-order valence-corrected chi connectivity index (χ2v) is 26.1. The van der Waals surface area contributed by atoms with Crippen molar-refractivity contribution in [1.29, 1.82) is 0 Å². The van der Waals surface area contributed by atoms with Gasteiger partial charge in [-0.05, 0) is 44.9 Å². The fraction of sp³-hybridized carbons (Fsp3) is 0.904. The predicted octanol–water partition coefficient (Wildman–Crippen LogP) is 15.3. The lowest BCUT2D eigenvalue weighted by Gasteiger charge is -2.46. The number of ether oxygens (including phenoxy) is 4. The van der Waals surface area contributed by atoms with Gasteiger partial charge in [-0.15, -0.1) is 0 Å². The maximum absolute atomic E-state index is 13.3. The molecule has 2 fully saturated rings. The molecule has 2 aliphatic heterocycles. The molecule has 2 rings (SSSR count). The van der Waals surface area contributed by atoms with Crippen LogP contribution in [0.25, 0.3) is 0 Å². The maximum atomic E-state index is 13.3. The van der Waals surface area contributed by atoms with Crippen molar-refractivity contribution in [1.82, 2.24) is 5.32 Å². The summed E-state index contributed by atoms with van der Waals surface area (Å²) < 4.78 is 22.8. The average Bonchev–Trinajstić information content (AvgIpc) is 2.65. The molecular formula is C73H137NO13. The molecule has 14 nitrogen and oxygen atoms in total. The molecule has 0 aromatic heterocycles. The molecular weight excluding hydrogens is 1100 g/mol. The normalized spacial score (nSPS) is 23.4. The second kappa shape index (κ2) is 58.1. The van der Waals surface area contributed by atoms with Crippen molar-refractivity contribution in [2.24, 2.45) is 0 Å². The number of carbonyl (C=O) groups excluding carboxylic acids is 1. The van der Waals surface area contributed by atoms with Crippen LogP contribution in [0.2, 0.25) is 0 Å². The van der Waals surface area contributed by atoms with Gasteiger partial charge in [0, 0.05) is 6.42 Å². The lowest BCUT2D eigenvalue weighted by atomic mass is 9.97. The van der Waals surface area contributed by atoms with E-state index in [2.05, 4.69) is 43.5 Å². The summed E-state index contributed by atoms with van der Waals surface area (Å²) in [5.41, 5.74) is 0. The van der Waals surface area contributed by atoms with Gasteiger partial charge in [0.25, 0.3) is 0 Å². The fourth-order valence-corrected chi connectivity index (χ4v) is 12.2. The van der Waals surface area contributed by atoms with Gasteiger partial charge in [-0.25, -0.2) is 0 Å². The molecule has 14 heteroatoms. The minimum atomic E-state index is -1.79. The molecule has 512 valence electrons. The molecule has 2 saturated heterocycles. The molecule has 1 amide bonds. The molecule has 0 aromatic carbocycles. The molecule has 0 saturated carbocycles. The Balaban J connectivity index is 1.53. The zero-order valence-electron chi connectivity index (χ0n) is 55.8. The van der Waals surface area contributed by atoms with Crippen LogP contribution in [-0.2, 0) is 23.7 Å². The summed E-state index contributed by atoms with van der Waals surface area (Å²) in [6.45, 7) is 2.77. The van der Waals surface area contributed by atoms with E-state index in [-0.39, 0.29) is 18.9 Å². The van der Waals surface area contributed by atoms with E-state index in [9.17, 15) is 45.6 Å². The molecule has 0 radical (unpaired) electrons. The monoisotopic (exact) mass is 1240 g/mol. The van der Waals surface area contributed by atoms with Gasteiger partial charge in [0.05, 0.1) is 32.0 Å². The topological polar surface area (TPSA) is 228 Å². The molecule has 0 spiro atoms. The molecule has 12 atom stereocenters. The van der Waals surface area contributed by atoms with E-state index < -0.39 is 86.8 Å². The van der Waals surface area contributed by atoms with E-state index in [1.807, 2.05) is 6.08 Å². The number of hydrogen-bond donors (Lipinski definition) is 9. The number of aliphatic hydroxyl groups is 8. The zero-order chi connectivity index (χ0) is 63.1. The van der Waals surface area contributed by atoms with Crippen LogP contribution in [0.5, 0.6) is 0 Å². The van der Waals surface area contributed by atoms with Gasteiger partial charge in [-0.3, -0.25) is 4.79 Å². The summed E-state index contributed by atoms with van der Waals surface area (Å²) in [5, 5.41) is 87.2. The van der Waals surface area contributed by atoms with Crippen molar-refractivity contribution in [3.8, 4) is 0 Å². The Morgan fingerprint density at radius 1 is 0.402 bits per heavy atom. The Bertz CT molecular complexity index is 1600. The standard InChI is InChI=1S/C73H137NO13/c1-3-5-7-9-11-13-15-17-18-19-20-21-22-23-24-25-26-27-28-29-30-31-32-33-34-35-36-37-38-39-40-41-42-43-45-47-49-51-53-55-57-65(78)74-61(62(77)56-54-52-50-48-46-44-16-14-12-10-8-6-4-2)60-84-72-70(83)68(81)71(64(59-76)86-72)87-73-69(82)67(80)66(79)63(58-75)85-73/h12,14,46,48,54,56,61-64,66-73,75-77,79-83H,3-11,13,15-45,47,49-53,55,57-60H2,1-2H3,(H,74,78)/b14-12+,48-46+,56-54+. The third kappa shape index (κ3) is 42.1. The Labute approximate surface area is 531 Å². The van der Waals surface area contributed by atoms with Crippen molar-refractivity contribution >= 4 is 5.91 Å². The quantitative estimate of drug-likeness (QED) is 0.0204. The van der Waals surface area contributed by atoms with Crippen LogP contribution in [0.4, 0.5) is 0 Å². The first kappa shape index (κ1) is 81.3. The second-order valence-electron chi connectivity index (χ2n) is 26.1. The van der Waals surface area contributed by atoms with Gasteiger partial charge < -0.3 is 65.1 Å². The van der Waals surface area contributed by atoms with Gasteiger partial charge in [0.2, 0.25) is 5.91 Å². The Morgan fingerprint density at radius 3 is 1.13 bits per heavy atom. The Kier molecular flexibility index (Phi) is 54.3. The number of amides is 1. The third-order valence-electron chi connectivity index (χ3n) is 18.1. The Hall–Kier alpha value is -1.79. The van der Waals surface area contributed by atoms with Crippen LogP contribution in [0.1, 0.15) is 328 Å². The SMILES string of the molecule is CCCCC/C=C/CC/C=C/CC/C=C/C(O)C(COC1OC(CO)C(OC2OC(CO)C(O)C(O)C2O)C(O)C1O)NC(=O)CCCCCCCCCCCCCCCCCCCCCCCCCCCCCCCCCCCCCCCCCC. The van der Waals surface area contributed by atoms with Crippen molar-refractivity contribution in [3.05, 3.63) is 36.5 Å². The highest BCUT2D eigenvalue weighted by Crippen LogP contribution is 2.30. The molecule has 87 heavy (non-hydrogen) atoms. The third-order valence-corrected chi connectivity index (χ3v) is 18.1. The van der Waals surface area contributed by atoms with Gasteiger partial charge in [0.1, 0.15) is 48.8 Å². The number of allylic oxidation sites excluding steroid dienone is 5. The molecule has 12 unspecified atom stereocenters. The highest BCUT2D eigenvalue weighted by molar-refractivity contribution is 5.76. The number of aliphatic hydroxyl groups excluding tert-OH is 8. The van der Waals surface area contributed by atoms with Gasteiger partial charge in [0.15, 0.2) is 12.6 Å². The van der Waals surface area contributed by atoms with Gasteiger partial charge >= 0.3 is 0 Å². The van der Waals surface area contributed by atoms with E-state index in [1.54, 1.807) is 6.08 Å². The van der Waals surface area contributed by atoms with Crippen molar-refractivity contribution in [3.63, 3.8) is 0 Å². The largest absolute Gasteiger partial charge is 0.394 e. The minimum Gasteiger partial charge on any atom is -0.394 e. The number of carbonyl (C=O) groups is 1. The van der Waals surface area contributed by atoms with E-state index in [4.69, 9.17) is 18.9 Å². The average molecular weight is 1240 g/mol. The minimum absolute atomic E-state index is 0.249. The summed E-state index contributed by atoms with van der Waals surface area (Å²) in [7, 11) is 0.